The van der Waals surface area contributed by atoms with Gasteiger partial charge < -0.3 is 34.6 Å². The number of rotatable bonds is 18. The minimum absolute atomic E-state index is 0. The Bertz CT molecular complexity index is 2090. The monoisotopic (exact) mass is 974 g/mol. The predicted octanol–water partition coefficient (Wildman–Crippen LogP) is 6.80. The Morgan fingerprint density at radius 3 is 1.76 bits per heavy atom. The average Bonchev–Trinajstić information content (AvgIpc) is 3.26. The zero-order valence-corrected chi connectivity index (χ0v) is 42.7. The molecular formula is C53H81FLiN5O10. The van der Waals surface area contributed by atoms with Gasteiger partial charge in [-0.25, -0.2) is 23.9 Å². The van der Waals surface area contributed by atoms with Gasteiger partial charge in [0, 0.05) is 62.7 Å². The fourth-order valence-electron chi connectivity index (χ4n) is 8.72. The van der Waals surface area contributed by atoms with E-state index in [-0.39, 0.29) is 87.3 Å². The van der Waals surface area contributed by atoms with Gasteiger partial charge in [-0.1, -0.05) is 38.5 Å². The first-order valence-corrected chi connectivity index (χ1v) is 24.3. The number of nitrogens with zero attached hydrogens (tertiary/aromatic N) is 5. The molecule has 386 valence electrons. The molecule has 0 spiro atoms. The fraction of sp³-hybridized carbons (Fsp3) is 0.642. The Labute approximate surface area is 428 Å². The minimum Gasteiger partial charge on any atom is -0.870 e. The zero-order chi connectivity index (χ0) is 48.7. The van der Waals surface area contributed by atoms with Crippen LogP contribution in [-0.4, -0.2) is 113 Å². The summed E-state index contributed by atoms with van der Waals surface area (Å²) in [5.41, 5.74) is 3.82. The number of carbonyl (C=O) groups is 3. The Balaban J connectivity index is 0.000000504. The number of anilines is 2. The largest absolute Gasteiger partial charge is 1.00 e. The molecule has 0 saturated carbocycles. The number of hydrogen-bond donors (Lipinski definition) is 2. The topological polar surface area (TPSA) is 194 Å². The van der Waals surface area contributed by atoms with E-state index in [9.17, 15) is 18.8 Å². The van der Waals surface area contributed by atoms with Crippen molar-refractivity contribution in [3.8, 4) is 5.75 Å². The quantitative estimate of drug-likeness (QED) is 0.0586. The summed E-state index contributed by atoms with van der Waals surface area (Å²) in [4.78, 5) is 52.8. The van der Waals surface area contributed by atoms with Crippen LogP contribution >= 0.6 is 0 Å². The van der Waals surface area contributed by atoms with Gasteiger partial charge in [-0.15, -0.1) is 0 Å². The average molecular weight is 974 g/mol. The van der Waals surface area contributed by atoms with Crippen LogP contribution in [0.4, 0.5) is 25.6 Å². The first-order valence-electron chi connectivity index (χ1n) is 24.3. The number of aromatic nitrogens is 2. The number of aliphatic hydroxyl groups excluding tert-OH is 2. The molecule has 0 unspecified atom stereocenters. The Kier molecular flexibility index (Phi) is 25.8. The molecule has 1 saturated heterocycles. The number of esters is 1. The molecule has 0 aliphatic carbocycles. The molecule has 70 heavy (non-hydrogen) atoms. The molecule has 2 amide bonds. The number of methoxy groups -OCH3 is 1. The SMILES string of the molecule is C.CC(C)(C)OC(=O)N1CCCc2ccc(CCCCC(CO)CO)nc21.CCOC(=O)C[C@@H](c1ccc(OC)c(F)c1)N1CC(CCCCc2ccc3c(n2)N(C(=O)OC(C)(C)C)CCC3)C1.[Li+].[OH-]. The molecular weight excluding hydrogens is 893 g/mol. The van der Waals surface area contributed by atoms with Crippen LogP contribution in [0.25, 0.3) is 0 Å². The molecule has 3 N–H and O–H groups in total. The van der Waals surface area contributed by atoms with E-state index in [2.05, 4.69) is 23.1 Å². The maximum absolute atomic E-state index is 14.4. The molecule has 0 bridgehead atoms. The molecule has 1 fully saturated rings. The normalized spacial score (nSPS) is 15.0. The van der Waals surface area contributed by atoms with E-state index in [0.29, 0.717) is 25.6 Å². The number of likely N-dealkylation sites (tertiary alicyclic amines) is 1. The summed E-state index contributed by atoms with van der Waals surface area (Å²) in [6, 6.07) is 13.0. The Morgan fingerprint density at radius 2 is 1.30 bits per heavy atom. The van der Waals surface area contributed by atoms with Gasteiger partial charge in [-0.2, -0.15) is 0 Å². The first kappa shape index (κ1) is 61.8. The molecule has 3 aromatic rings. The van der Waals surface area contributed by atoms with Crippen molar-refractivity contribution in [1.82, 2.24) is 14.9 Å². The summed E-state index contributed by atoms with van der Waals surface area (Å²) >= 11 is 0. The molecule has 1 aromatic carbocycles. The van der Waals surface area contributed by atoms with Crippen LogP contribution in [0.1, 0.15) is 148 Å². The molecule has 0 radical (unpaired) electrons. The van der Waals surface area contributed by atoms with E-state index in [4.69, 9.17) is 39.1 Å². The van der Waals surface area contributed by atoms with Gasteiger partial charge in [-0.05, 0) is 160 Å². The van der Waals surface area contributed by atoms with Gasteiger partial charge in [0.1, 0.15) is 22.8 Å². The van der Waals surface area contributed by atoms with Gasteiger partial charge in [0.2, 0.25) is 0 Å². The summed E-state index contributed by atoms with van der Waals surface area (Å²) in [6.07, 6.45) is 10.7. The molecule has 2 aromatic heterocycles. The number of halogens is 1. The van der Waals surface area contributed by atoms with Crippen LogP contribution in [0, 0.1) is 17.7 Å². The minimum atomic E-state index is -0.549. The van der Waals surface area contributed by atoms with E-state index in [1.807, 2.05) is 53.7 Å². The third kappa shape index (κ3) is 18.7. The van der Waals surface area contributed by atoms with Gasteiger partial charge in [0.05, 0.1) is 20.1 Å². The zero-order valence-electron chi connectivity index (χ0n) is 42.7. The fourth-order valence-corrected chi connectivity index (χ4v) is 8.72. The Hall–Kier alpha value is -4.30. The number of fused-ring (bicyclic) bond motifs is 2. The second kappa shape index (κ2) is 29.3. The number of unbranched alkanes of at least 4 members (excludes halogenated alkanes) is 2. The van der Waals surface area contributed by atoms with E-state index >= 15 is 0 Å². The van der Waals surface area contributed by atoms with Crippen LogP contribution in [0.5, 0.6) is 5.75 Å². The van der Waals surface area contributed by atoms with E-state index in [1.54, 1.807) is 22.8 Å². The molecule has 15 nitrogen and oxygen atoms in total. The van der Waals surface area contributed by atoms with Gasteiger partial charge >= 0.3 is 37.0 Å². The van der Waals surface area contributed by atoms with Crippen molar-refractivity contribution in [1.29, 1.82) is 0 Å². The molecule has 1 atom stereocenters. The Morgan fingerprint density at radius 1 is 0.786 bits per heavy atom. The summed E-state index contributed by atoms with van der Waals surface area (Å²) in [6.45, 7) is 16.4. The smallest absolute Gasteiger partial charge is 0.870 e. The number of amides is 2. The number of aliphatic hydroxyl groups is 2. The van der Waals surface area contributed by atoms with Crippen molar-refractivity contribution in [3.63, 3.8) is 0 Å². The number of aryl methyl sites for hydroxylation is 4. The number of carbonyl (C=O) groups excluding carboxylic acids is 3. The molecule has 17 heteroatoms. The van der Waals surface area contributed by atoms with Crippen molar-refractivity contribution in [2.45, 2.75) is 157 Å². The van der Waals surface area contributed by atoms with Crippen LogP contribution < -0.4 is 33.4 Å². The van der Waals surface area contributed by atoms with Crippen molar-refractivity contribution < 1.29 is 72.3 Å². The van der Waals surface area contributed by atoms with Crippen LogP contribution in [0.2, 0.25) is 0 Å². The molecule has 3 aliphatic rings. The maximum Gasteiger partial charge on any atom is 1.00 e. The summed E-state index contributed by atoms with van der Waals surface area (Å²) in [5, 5.41) is 18.2. The second-order valence-corrected chi connectivity index (χ2v) is 20.0. The molecule has 6 rings (SSSR count). The second-order valence-electron chi connectivity index (χ2n) is 20.0. The van der Waals surface area contributed by atoms with Crippen LogP contribution in [0.3, 0.4) is 0 Å². The number of benzene rings is 1. The van der Waals surface area contributed by atoms with Gasteiger partial charge in [0.25, 0.3) is 0 Å². The van der Waals surface area contributed by atoms with Crippen molar-refractivity contribution in [3.05, 3.63) is 76.4 Å². The van der Waals surface area contributed by atoms with E-state index in [1.165, 1.54) is 13.2 Å². The third-order valence-electron chi connectivity index (χ3n) is 12.2. The molecule has 5 heterocycles. The number of hydrogen-bond acceptors (Lipinski definition) is 13. The van der Waals surface area contributed by atoms with Crippen molar-refractivity contribution in [2.75, 3.05) is 62.9 Å². The first-order chi connectivity index (χ1) is 31.9. The summed E-state index contributed by atoms with van der Waals surface area (Å²) in [7, 11) is 1.44. The van der Waals surface area contributed by atoms with Crippen LogP contribution in [-0.2, 0) is 44.7 Å². The maximum atomic E-state index is 14.4. The standard InChI is InChI=1S/C32H44FN3O5.C20H32N2O4.CH4.Li.H2O/c1-6-40-29(37)19-27(24-14-16-28(39-5)26(33)18-24)35-20-22(21-35)10-7-8-12-25-15-13-23-11-9-17-36(30(23)34-25)31(38)41-32(2,3)4;1-20(2,3)26-19(25)22-12-6-8-16-10-11-17(21-18(16)22)9-5-4-7-15(13-23)14-24;;;/h13-16,18,22,27H,6-12,17,19-21H2,1-5H3;10-11,15,23-24H,4-9,12-14H2,1-3H3;1H4;;1H2/q;;;+1;/p-1/t27-;;;;/m0..../s1. The molecule has 3 aliphatic heterocycles. The number of pyridine rings is 2. The third-order valence-corrected chi connectivity index (χ3v) is 12.2. The van der Waals surface area contributed by atoms with Crippen molar-refractivity contribution >= 4 is 29.8 Å². The van der Waals surface area contributed by atoms with Crippen molar-refractivity contribution in [2.24, 2.45) is 11.8 Å². The van der Waals surface area contributed by atoms with E-state index < -0.39 is 17.0 Å². The van der Waals surface area contributed by atoms with Gasteiger partial charge in [0.15, 0.2) is 11.6 Å². The van der Waals surface area contributed by atoms with Gasteiger partial charge in [-0.3, -0.25) is 19.5 Å². The number of ether oxygens (including phenoxy) is 4. The van der Waals surface area contributed by atoms with Crippen LogP contribution in [0.15, 0.2) is 42.5 Å². The predicted molar refractivity (Wildman–Crippen MR) is 266 cm³/mol. The summed E-state index contributed by atoms with van der Waals surface area (Å²) in [5.74, 6) is 1.44. The summed E-state index contributed by atoms with van der Waals surface area (Å²) < 4.78 is 35.8. The van der Waals surface area contributed by atoms with E-state index in [0.717, 1.165) is 130 Å².